The normalized spacial score (nSPS) is 16.6. The number of aromatic nitrogens is 2. The van der Waals surface area contributed by atoms with Crippen LogP contribution in [0.5, 0.6) is 5.75 Å². The second-order valence-electron chi connectivity index (χ2n) is 7.07. The second-order valence-corrected chi connectivity index (χ2v) is 7.07. The SMILES string of the molecule is CCCOc1ccc(-c2noc(C3CC(=O)N(c4cccc(C)c4)C3)n2)cc1. The molecular formula is C22H23N3O3. The molecule has 0 radical (unpaired) electrons. The summed E-state index contributed by atoms with van der Waals surface area (Å²) in [7, 11) is 0. The van der Waals surface area contributed by atoms with Crippen LogP contribution in [-0.2, 0) is 4.79 Å². The maximum atomic E-state index is 12.5. The molecule has 6 heteroatoms. The Hall–Kier alpha value is -3.15. The fourth-order valence-electron chi connectivity index (χ4n) is 3.36. The number of ether oxygens (including phenoxy) is 1. The van der Waals surface area contributed by atoms with Crippen molar-refractivity contribution in [3.8, 4) is 17.1 Å². The minimum Gasteiger partial charge on any atom is -0.494 e. The van der Waals surface area contributed by atoms with Crippen LogP contribution in [0.4, 0.5) is 5.69 Å². The van der Waals surface area contributed by atoms with Crippen LogP contribution < -0.4 is 9.64 Å². The molecule has 4 rings (SSSR count). The molecule has 2 heterocycles. The number of rotatable bonds is 6. The average molecular weight is 377 g/mol. The fourth-order valence-corrected chi connectivity index (χ4v) is 3.36. The van der Waals surface area contributed by atoms with Crippen molar-refractivity contribution in [3.63, 3.8) is 0 Å². The Morgan fingerprint density at radius 3 is 2.79 bits per heavy atom. The van der Waals surface area contributed by atoms with Gasteiger partial charge in [0, 0.05) is 24.2 Å². The van der Waals surface area contributed by atoms with Gasteiger partial charge in [-0.3, -0.25) is 4.79 Å². The minimum absolute atomic E-state index is 0.0766. The largest absolute Gasteiger partial charge is 0.494 e. The van der Waals surface area contributed by atoms with Crippen molar-refractivity contribution >= 4 is 11.6 Å². The Balaban J connectivity index is 1.48. The number of hydrogen-bond donors (Lipinski definition) is 0. The highest BCUT2D eigenvalue weighted by molar-refractivity contribution is 5.96. The molecule has 144 valence electrons. The first kappa shape index (κ1) is 18.2. The third kappa shape index (κ3) is 3.76. The molecule has 1 saturated heterocycles. The lowest BCUT2D eigenvalue weighted by molar-refractivity contribution is -0.117. The molecule has 0 aliphatic carbocycles. The Morgan fingerprint density at radius 2 is 2.04 bits per heavy atom. The van der Waals surface area contributed by atoms with E-state index in [0.717, 1.165) is 29.0 Å². The van der Waals surface area contributed by atoms with Crippen LogP contribution in [0.3, 0.4) is 0 Å². The molecule has 1 unspecified atom stereocenters. The predicted octanol–water partition coefficient (Wildman–Crippen LogP) is 4.35. The smallest absolute Gasteiger partial charge is 0.232 e. The predicted molar refractivity (Wildman–Crippen MR) is 106 cm³/mol. The van der Waals surface area contributed by atoms with Gasteiger partial charge >= 0.3 is 0 Å². The van der Waals surface area contributed by atoms with E-state index in [0.29, 0.717) is 31.3 Å². The third-order valence-electron chi connectivity index (χ3n) is 4.81. The van der Waals surface area contributed by atoms with Gasteiger partial charge in [0.2, 0.25) is 17.6 Å². The molecule has 6 nitrogen and oxygen atoms in total. The number of nitrogens with zero attached hydrogens (tertiary/aromatic N) is 3. The van der Waals surface area contributed by atoms with E-state index >= 15 is 0 Å². The van der Waals surface area contributed by atoms with Crippen molar-refractivity contribution in [2.24, 2.45) is 0 Å². The number of anilines is 1. The number of aryl methyl sites for hydroxylation is 1. The van der Waals surface area contributed by atoms with Gasteiger partial charge in [0.15, 0.2) is 0 Å². The van der Waals surface area contributed by atoms with Gasteiger partial charge in [-0.2, -0.15) is 4.98 Å². The number of carbonyl (C=O) groups is 1. The molecule has 1 atom stereocenters. The van der Waals surface area contributed by atoms with Crippen LogP contribution in [0, 0.1) is 6.92 Å². The Labute approximate surface area is 164 Å². The van der Waals surface area contributed by atoms with Crippen LogP contribution in [0.2, 0.25) is 0 Å². The second kappa shape index (κ2) is 7.84. The van der Waals surface area contributed by atoms with Gasteiger partial charge in [-0.15, -0.1) is 0 Å². The van der Waals surface area contributed by atoms with Crippen molar-refractivity contribution < 1.29 is 14.1 Å². The minimum atomic E-state index is -0.0959. The topological polar surface area (TPSA) is 68.5 Å². The molecule has 1 aliphatic rings. The average Bonchev–Trinajstić information content (AvgIpc) is 3.34. The monoisotopic (exact) mass is 377 g/mol. The molecule has 0 N–H and O–H groups in total. The van der Waals surface area contributed by atoms with Gasteiger partial charge in [0.25, 0.3) is 0 Å². The van der Waals surface area contributed by atoms with Crippen molar-refractivity contribution in [2.75, 3.05) is 18.1 Å². The molecule has 1 fully saturated rings. The highest BCUT2D eigenvalue weighted by Crippen LogP contribution is 2.32. The summed E-state index contributed by atoms with van der Waals surface area (Å²) in [5, 5.41) is 4.10. The highest BCUT2D eigenvalue weighted by Gasteiger charge is 2.35. The molecule has 28 heavy (non-hydrogen) atoms. The van der Waals surface area contributed by atoms with Gasteiger partial charge in [0.1, 0.15) is 5.75 Å². The summed E-state index contributed by atoms with van der Waals surface area (Å²) in [4.78, 5) is 18.8. The summed E-state index contributed by atoms with van der Waals surface area (Å²) in [5.41, 5.74) is 2.90. The highest BCUT2D eigenvalue weighted by atomic mass is 16.5. The van der Waals surface area contributed by atoms with Gasteiger partial charge in [-0.25, -0.2) is 0 Å². The first-order chi connectivity index (χ1) is 13.6. The van der Waals surface area contributed by atoms with E-state index < -0.39 is 0 Å². The van der Waals surface area contributed by atoms with E-state index in [4.69, 9.17) is 9.26 Å². The lowest BCUT2D eigenvalue weighted by atomic mass is 10.1. The van der Waals surface area contributed by atoms with Crippen molar-refractivity contribution in [1.82, 2.24) is 10.1 Å². The zero-order chi connectivity index (χ0) is 19.5. The van der Waals surface area contributed by atoms with Crippen molar-refractivity contribution in [3.05, 3.63) is 60.0 Å². The van der Waals surface area contributed by atoms with Crippen LogP contribution >= 0.6 is 0 Å². The Morgan fingerprint density at radius 1 is 1.21 bits per heavy atom. The van der Waals surface area contributed by atoms with E-state index in [2.05, 4.69) is 17.1 Å². The summed E-state index contributed by atoms with van der Waals surface area (Å²) in [6.45, 7) is 5.33. The van der Waals surface area contributed by atoms with Gasteiger partial charge in [0.05, 0.1) is 12.5 Å². The summed E-state index contributed by atoms with van der Waals surface area (Å²) in [6, 6.07) is 15.6. The van der Waals surface area contributed by atoms with Gasteiger partial charge in [-0.05, 0) is 55.3 Å². The third-order valence-corrected chi connectivity index (χ3v) is 4.81. The zero-order valence-corrected chi connectivity index (χ0v) is 16.1. The molecule has 3 aromatic rings. The van der Waals surface area contributed by atoms with Crippen LogP contribution in [-0.4, -0.2) is 29.2 Å². The Kier molecular flexibility index (Phi) is 5.10. The molecule has 0 spiro atoms. The maximum absolute atomic E-state index is 12.5. The summed E-state index contributed by atoms with van der Waals surface area (Å²) in [5.74, 6) is 1.84. The molecule has 1 aliphatic heterocycles. The Bertz CT molecular complexity index is 965. The molecule has 2 aromatic carbocycles. The van der Waals surface area contributed by atoms with Crippen LogP contribution in [0.15, 0.2) is 53.1 Å². The van der Waals surface area contributed by atoms with E-state index in [1.165, 1.54) is 0 Å². The van der Waals surface area contributed by atoms with E-state index in [-0.39, 0.29) is 11.8 Å². The fraction of sp³-hybridized carbons (Fsp3) is 0.318. The number of carbonyl (C=O) groups excluding carboxylic acids is 1. The maximum Gasteiger partial charge on any atom is 0.232 e. The standard InChI is InChI=1S/C22H23N3O3/c1-3-11-27-19-9-7-16(8-10-19)21-23-22(28-24-21)17-13-20(26)25(14-17)18-6-4-5-15(2)12-18/h4-10,12,17H,3,11,13-14H2,1-2H3. The molecular weight excluding hydrogens is 354 g/mol. The lowest BCUT2D eigenvalue weighted by Crippen LogP contribution is -2.24. The molecule has 1 aromatic heterocycles. The summed E-state index contributed by atoms with van der Waals surface area (Å²) >= 11 is 0. The zero-order valence-electron chi connectivity index (χ0n) is 16.1. The first-order valence-electron chi connectivity index (χ1n) is 9.58. The number of hydrogen-bond acceptors (Lipinski definition) is 5. The van der Waals surface area contributed by atoms with E-state index in [9.17, 15) is 4.79 Å². The van der Waals surface area contributed by atoms with Crippen molar-refractivity contribution in [2.45, 2.75) is 32.6 Å². The summed E-state index contributed by atoms with van der Waals surface area (Å²) < 4.78 is 11.1. The van der Waals surface area contributed by atoms with Gasteiger partial charge < -0.3 is 14.2 Å². The molecule has 1 amide bonds. The molecule has 0 saturated carbocycles. The quantitative estimate of drug-likeness (QED) is 0.639. The molecule has 0 bridgehead atoms. The van der Waals surface area contributed by atoms with Crippen molar-refractivity contribution in [1.29, 1.82) is 0 Å². The number of benzene rings is 2. The van der Waals surface area contributed by atoms with E-state index in [1.54, 1.807) is 4.90 Å². The lowest BCUT2D eigenvalue weighted by Gasteiger charge is -2.16. The van der Waals surface area contributed by atoms with Gasteiger partial charge in [-0.1, -0.05) is 24.2 Å². The van der Waals surface area contributed by atoms with Crippen LogP contribution in [0.25, 0.3) is 11.4 Å². The summed E-state index contributed by atoms with van der Waals surface area (Å²) in [6.07, 6.45) is 1.34. The number of amides is 1. The first-order valence-corrected chi connectivity index (χ1v) is 9.58. The van der Waals surface area contributed by atoms with E-state index in [1.807, 2.05) is 55.5 Å². The van der Waals surface area contributed by atoms with Crippen LogP contribution in [0.1, 0.15) is 37.1 Å².